The zero-order chi connectivity index (χ0) is 22.9. The van der Waals surface area contributed by atoms with E-state index in [4.69, 9.17) is 9.47 Å². The highest BCUT2D eigenvalue weighted by Gasteiger charge is 2.37. The van der Waals surface area contributed by atoms with Crippen LogP contribution in [-0.4, -0.2) is 37.0 Å². The van der Waals surface area contributed by atoms with Crippen LogP contribution in [-0.2, 0) is 9.59 Å². The van der Waals surface area contributed by atoms with Gasteiger partial charge in [0, 0.05) is 17.7 Å². The molecule has 0 saturated carbocycles. The second kappa shape index (κ2) is 8.27. The first kappa shape index (κ1) is 21.5. The summed E-state index contributed by atoms with van der Waals surface area (Å²) in [6.45, 7) is 3.71. The van der Waals surface area contributed by atoms with Gasteiger partial charge in [-0.05, 0) is 43.2 Å². The molecule has 10 heteroatoms. The summed E-state index contributed by atoms with van der Waals surface area (Å²) in [5.41, 5.74) is 1.46. The van der Waals surface area contributed by atoms with Gasteiger partial charge in [-0.25, -0.2) is 9.69 Å². The molecule has 160 valence electrons. The minimum absolute atomic E-state index is 0.0460. The van der Waals surface area contributed by atoms with Crippen molar-refractivity contribution in [1.82, 2.24) is 5.32 Å². The van der Waals surface area contributed by atoms with Crippen LogP contribution in [0, 0.1) is 24.0 Å². The lowest BCUT2D eigenvalue weighted by Crippen LogP contribution is -2.54. The number of methoxy groups -OCH3 is 2. The molecule has 2 aromatic carbocycles. The third-order valence-corrected chi connectivity index (χ3v) is 4.88. The Morgan fingerprint density at radius 2 is 1.68 bits per heavy atom. The van der Waals surface area contributed by atoms with Crippen LogP contribution >= 0.6 is 0 Å². The van der Waals surface area contributed by atoms with Crippen molar-refractivity contribution < 1.29 is 28.8 Å². The molecular formula is C21H19N3O7. The van der Waals surface area contributed by atoms with Crippen molar-refractivity contribution in [3.63, 3.8) is 0 Å². The van der Waals surface area contributed by atoms with E-state index in [1.165, 1.54) is 20.3 Å². The van der Waals surface area contributed by atoms with Gasteiger partial charge in [0.2, 0.25) is 5.75 Å². The topological polar surface area (TPSA) is 128 Å². The van der Waals surface area contributed by atoms with E-state index in [2.05, 4.69) is 5.32 Å². The maximum absolute atomic E-state index is 13.1. The minimum Gasteiger partial charge on any atom is -0.496 e. The molecular weight excluding hydrogens is 406 g/mol. The molecule has 3 rings (SSSR count). The van der Waals surface area contributed by atoms with E-state index < -0.39 is 22.8 Å². The number of amides is 4. The summed E-state index contributed by atoms with van der Waals surface area (Å²) in [5, 5.41) is 13.5. The van der Waals surface area contributed by atoms with E-state index in [1.54, 1.807) is 18.2 Å². The van der Waals surface area contributed by atoms with E-state index in [-0.39, 0.29) is 34.0 Å². The van der Waals surface area contributed by atoms with Crippen LogP contribution in [0.2, 0.25) is 0 Å². The van der Waals surface area contributed by atoms with E-state index in [0.29, 0.717) is 0 Å². The number of urea groups is 1. The Balaban J connectivity index is 2.13. The Morgan fingerprint density at radius 3 is 2.26 bits per heavy atom. The van der Waals surface area contributed by atoms with Crippen molar-refractivity contribution in [1.29, 1.82) is 0 Å². The number of anilines is 1. The number of rotatable bonds is 5. The lowest BCUT2D eigenvalue weighted by atomic mass is 10.0. The maximum atomic E-state index is 13.1. The lowest BCUT2D eigenvalue weighted by Gasteiger charge is -2.27. The molecule has 1 heterocycles. The summed E-state index contributed by atoms with van der Waals surface area (Å²) < 4.78 is 10.2. The van der Waals surface area contributed by atoms with Crippen LogP contribution in [0.4, 0.5) is 16.2 Å². The van der Waals surface area contributed by atoms with E-state index >= 15 is 0 Å². The molecule has 0 atom stereocenters. The highest BCUT2D eigenvalue weighted by Crippen LogP contribution is 2.36. The van der Waals surface area contributed by atoms with Gasteiger partial charge in [0.1, 0.15) is 11.3 Å². The number of nitrogens with one attached hydrogen (secondary N) is 1. The van der Waals surface area contributed by atoms with Gasteiger partial charge < -0.3 is 9.47 Å². The first-order chi connectivity index (χ1) is 14.7. The Kier molecular flexibility index (Phi) is 5.73. The zero-order valence-electron chi connectivity index (χ0n) is 17.2. The molecule has 0 bridgehead atoms. The SMILES string of the molecule is COc1cc(OC)c([N+](=O)[O-])cc1/C=C1\C(=O)NC(=O)N(c2ccc(C)c(C)c2)C1=O. The van der Waals surface area contributed by atoms with Crippen molar-refractivity contribution in [2.45, 2.75) is 13.8 Å². The summed E-state index contributed by atoms with van der Waals surface area (Å²) in [7, 11) is 2.60. The number of aryl methyl sites for hydroxylation is 2. The number of hydrogen-bond acceptors (Lipinski definition) is 7. The van der Waals surface area contributed by atoms with Crippen molar-refractivity contribution >= 4 is 35.3 Å². The quantitative estimate of drug-likeness (QED) is 0.338. The molecule has 2 aromatic rings. The van der Waals surface area contributed by atoms with Gasteiger partial charge in [-0.2, -0.15) is 0 Å². The Morgan fingerprint density at radius 1 is 1.00 bits per heavy atom. The Bertz CT molecular complexity index is 1150. The Labute approximate surface area is 177 Å². The summed E-state index contributed by atoms with van der Waals surface area (Å²) in [6.07, 6.45) is 1.14. The fourth-order valence-electron chi connectivity index (χ4n) is 3.07. The molecule has 0 aliphatic carbocycles. The molecule has 1 aliphatic rings. The summed E-state index contributed by atoms with van der Waals surface area (Å²) in [6, 6.07) is 6.51. The van der Waals surface area contributed by atoms with Crippen LogP contribution in [0.1, 0.15) is 16.7 Å². The zero-order valence-corrected chi connectivity index (χ0v) is 17.2. The van der Waals surface area contributed by atoms with Gasteiger partial charge in [0.05, 0.1) is 24.8 Å². The van der Waals surface area contributed by atoms with Gasteiger partial charge in [-0.15, -0.1) is 0 Å². The van der Waals surface area contributed by atoms with Crippen LogP contribution in [0.5, 0.6) is 11.5 Å². The van der Waals surface area contributed by atoms with Crippen molar-refractivity contribution in [2.24, 2.45) is 0 Å². The standard InChI is InChI=1S/C21H19N3O7/c1-11-5-6-14(7-12(11)2)23-20(26)15(19(25)22-21(23)27)8-13-9-16(24(28)29)18(31-4)10-17(13)30-3/h5-10H,1-4H3,(H,22,25,27)/b15-8+. The van der Waals surface area contributed by atoms with Crippen molar-refractivity contribution in [3.8, 4) is 11.5 Å². The van der Waals surface area contributed by atoms with E-state index in [1.807, 2.05) is 13.8 Å². The average molecular weight is 425 g/mol. The van der Waals surface area contributed by atoms with Crippen LogP contribution in [0.15, 0.2) is 35.9 Å². The van der Waals surface area contributed by atoms with Crippen LogP contribution in [0.25, 0.3) is 6.08 Å². The molecule has 1 saturated heterocycles. The number of carbonyl (C=O) groups is 3. The van der Waals surface area contributed by atoms with E-state index in [9.17, 15) is 24.5 Å². The molecule has 1 fully saturated rings. The molecule has 0 radical (unpaired) electrons. The lowest BCUT2D eigenvalue weighted by molar-refractivity contribution is -0.385. The average Bonchev–Trinajstić information content (AvgIpc) is 2.72. The fourth-order valence-corrected chi connectivity index (χ4v) is 3.07. The monoisotopic (exact) mass is 425 g/mol. The molecule has 31 heavy (non-hydrogen) atoms. The molecule has 0 aromatic heterocycles. The third-order valence-electron chi connectivity index (χ3n) is 4.88. The number of barbiturate groups is 1. The van der Waals surface area contributed by atoms with Crippen LogP contribution < -0.4 is 19.7 Å². The summed E-state index contributed by atoms with van der Waals surface area (Å²) in [4.78, 5) is 49.4. The number of imide groups is 2. The highest BCUT2D eigenvalue weighted by molar-refractivity contribution is 6.39. The normalized spacial score (nSPS) is 15.2. The number of nitrogens with zero attached hydrogens (tertiary/aromatic N) is 2. The molecule has 1 aliphatic heterocycles. The predicted octanol–water partition coefficient (Wildman–Crippen LogP) is 2.90. The van der Waals surface area contributed by atoms with E-state index in [0.717, 1.165) is 28.2 Å². The van der Waals surface area contributed by atoms with Crippen LogP contribution in [0.3, 0.4) is 0 Å². The minimum atomic E-state index is -0.921. The molecule has 0 unspecified atom stereocenters. The maximum Gasteiger partial charge on any atom is 0.335 e. The second-order valence-corrected chi connectivity index (χ2v) is 6.75. The molecule has 0 spiro atoms. The number of nitro benzene ring substituents is 1. The van der Waals surface area contributed by atoms with Gasteiger partial charge >= 0.3 is 11.7 Å². The molecule has 4 amide bonds. The van der Waals surface area contributed by atoms with Gasteiger partial charge in [-0.1, -0.05) is 6.07 Å². The molecule has 1 N–H and O–H groups in total. The first-order valence-corrected chi connectivity index (χ1v) is 9.07. The second-order valence-electron chi connectivity index (χ2n) is 6.75. The number of benzene rings is 2. The number of carbonyl (C=O) groups excluding carboxylic acids is 3. The van der Waals surface area contributed by atoms with Crippen molar-refractivity contribution in [2.75, 3.05) is 19.1 Å². The first-order valence-electron chi connectivity index (χ1n) is 9.07. The van der Waals surface area contributed by atoms with Gasteiger partial charge in [0.25, 0.3) is 11.8 Å². The van der Waals surface area contributed by atoms with Gasteiger partial charge in [-0.3, -0.25) is 25.0 Å². The predicted molar refractivity (Wildman–Crippen MR) is 111 cm³/mol. The van der Waals surface area contributed by atoms with Crippen molar-refractivity contribution in [3.05, 3.63) is 62.7 Å². The Hall–Kier alpha value is -4.21. The number of hydrogen-bond donors (Lipinski definition) is 1. The number of ether oxygens (including phenoxy) is 2. The number of nitro groups is 1. The molecule has 10 nitrogen and oxygen atoms in total. The smallest absolute Gasteiger partial charge is 0.335 e. The van der Waals surface area contributed by atoms with Gasteiger partial charge in [0.15, 0.2) is 0 Å². The summed E-state index contributed by atoms with van der Waals surface area (Å²) >= 11 is 0. The third kappa shape index (κ3) is 3.95. The summed E-state index contributed by atoms with van der Waals surface area (Å²) in [5.74, 6) is -1.69. The highest BCUT2D eigenvalue weighted by atomic mass is 16.6. The fraction of sp³-hybridized carbons (Fsp3) is 0.190. The largest absolute Gasteiger partial charge is 0.496 e.